The number of hydrogen-bond donors (Lipinski definition) is 1. The smallest absolute Gasteiger partial charge is 0.225 e. The molecule has 0 saturated carbocycles. The van der Waals surface area contributed by atoms with E-state index in [1.54, 1.807) is 25.3 Å². The summed E-state index contributed by atoms with van der Waals surface area (Å²) >= 11 is 3.36. The van der Waals surface area contributed by atoms with Gasteiger partial charge in [0.05, 0.1) is 6.10 Å². The fourth-order valence-corrected chi connectivity index (χ4v) is 1.69. The van der Waals surface area contributed by atoms with E-state index in [9.17, 15) is 5.11 Å². The number of hydrogen-bond acceptors (Lipinski definition) is 3. The highest BCUT2D eigenvalue weighted by Gasteiger charge is 2.10. The molecule has 0 fully saturated rings. The Hall–Kier alpha value is -1.39. The van der Waals surface area contributed by atoms with Crippen molar-refractivity contribution in [1.29, 1.82) is 0 Å². The highest BCUT2D eigenvalue weighted by Crippen LogP contribution is 2.27. The molecule has 88 valence electrons. The Balaban J connectivity index is 2.26. The van der Waals surface area contributed by atoms with Crippen LogP contribution in [0.4, 0.5) is 0 Å². The molecule has 1 atom stereocenters. The van der Waals surface area contributed by atoms with Crippen LogP contribution in [0.15, 0.2) is 47.1 Å². The van der Waals surface area contributed by atoms with E-state index in [0.717, 1.165) is 4.47 Å². The molecule has 0 aliphatic carbocycles. The molecule has 1 aromatic heterocycles. The summed E-state index contributed by atoms with van der Waals surface area (Å²) < 4.78 is 6.62. The highest BCUT2D eigenvalue weighted by atomic mass is 79.9. The third-order valence-electron chi connectivity index (χ3n) is 2.28. The lowest BCUT2D eigenvalue weighted by Gasteiger charge is -2.11. The van der Waals surface area contributed by atoms with Gasteiger partial charge in [-0.25, -0.2) is 4.98 Å². The van der Waals surface area contributed by atoms with Crippen LogP contribution in [0.3, 0.4) is 0 Å². The van der Waals surface area contributed by atoms with Crippen LogP contribution in [0.5, 0.6) is 11.6 Å². The highest BCUT2D eigenvalue weighted by molar-refractivity contribution is 9.10. The van der Waals surface area contributed by atoms with Crippen molar-refractivity contribution in [2.75, 3.05) is 0 Å². The normalized spacial score (nSPS) is 12.2. The summed E-state index contributed by atoms with van der Waals surface area (Å²) in [4.78, 5) is 4.12. The Kier molecular flexibility index (Phi) is 3.76. The molecule has 0 spiro atoms. The maximum atomic E-state index is 9.60. The summed E-state index contributed by atoms with van der Waals surface area (Å²) in [5, 5.41) is 9.60. The number of aliphatic hydroxyl groups excluding tert-OH is 1. The van der Waals surface area contributed by atoms with Crippen molar-refractivity contribution < 1.29 is 9.84 Å². The van der Waals surface area contributed by atoms with Gasteiger partial charge in [-0.2, -0.15) is 0 Å². The Morgan fingerprint density at radius 2 is 1.94 bits per heavy atom. The second-order valence-electron chi connectivity index (χ2n) is 3.63. The van der Waals surface area contributed by atoms with Crippen LogP contribution in [0.1, 0.15) is 18.6 Å². The first-order valence-electron chi connectivity index (χ1n) is 5.23. The Bertz CT molecular complexity index is 497. The average Bonchev–Trinajstić information content (AvgIpc) is 2.32. The molecule has 3 nitrogen and oxygen atoms in total. The number of halogens is 1. The molecule has 0 aliphatic heterocycles. The fourth-order valence-electron chi connectivity index (χ4n) is 1.42. The van der Waals surface area contributed by atoms with E-state index in [2.05, 4.69) is 20.9 Å². The molecule has 1 heterocycles. The van der Waals surface area contributed by atoms with Crippen molar-refractivity contribution in [3.05, 3.63) is 52.6 Å². The molecule has 2 aromatic rings. The summed E-state index contributed by atoms with van der Waals surface area (Å²) in [6.07, 6.45) is 1.04. The van der Waals surface area contributed by atoms with Gasteiger partial charge in [0.2, 0.25) is 5.88 Å². The van der Waals surface area contributed by atoms with Crippen molar-refractivity contribution in [3.8, 4) is 11.6 Å². The van der Waals surface area contributed by atoms with Crippen LogP contribution < -0.4 is 4.74 Å². The van der Waals surface area contributed by atoms with E-state index in [0.29, 0.717) is 17.2 Å². The second-order valence-corrected chi connectivity index (χ2v) is 4.55. The Labute approximate surface area is 108 Å². The summed E-state index contributed by atoms with van der Waals surface area (Å²) in [7, 11) is 0. The Morgan fingerprint density at radius 3 is 2.59 bits per heavy atom. The zero-order valence-electron chi connectivity index (χ0n) is 9.30. The number of aromatic nitrogens is 1. The minimum atomic E-state index is -0.603. The molecule has 2 rings (SSSR count). The van der Waals surface area contributed by atoms with E-state index < -0.39 is 6.10 Å². The van der Waals surface area contributed by atoms with Gasteiger partial charge in [0, 0.05) is 16.2 Å². The van der Waals surface area contributed by atoms with Crippen LogP contribution in [0.25, 0.3) is 0 Å². The minimum Gasteiger partial charge on any atom is -0.439 e. The van der Waals surface area contributed by atoms with E-state index in [1.165, 1.54) is 0 Å². The van der Waals surface area contributed by atoms with Crippen LogP contribution in [-0.2, 0) is 0 Å². The van der Waals surface area contributed by atoms with Gasteiger partial charge in [-0.3, -0.25) is 0 Å². The minimum absolute atomic E-state index is 0.435. The second kappa shape index (κ2) is 5.29. The van der Waals surface area contributed by atoms with Crippen molar-refractivity contribution in [2.45, 2.75) is 13.0 Å². The monoisotopic (exact) mass is 293 g/mol. The fraction of sp³-hybridized carbons (Fsp3) is 0.154. The topological polar surface area (TPSA) is 42.4 Å². The number of benzene rings is 1. The largest absolute Gasteiger partial charge is 0.439 e. The van der Waals surface area contributed by atoms with Crippen molar-refractivity contribution in [3.63, 3.8) is 0 Å². The first-order chi connectivity index (χ1) is 8.16. The summed E-state index contributed by atoms with van der Waals surface area (Å²) in [5.41, 5.74) is 0.676. The van der Waals surface area contributed by atoms with E-state index in [1.807, 2.05) is 24.3 Å². The zero-order valence-corrected chi connectivity index (χ0v) is 10.9. The number of ether oxygens (including phenoxy) is 1. The maximum Gasteiger partial charge on any atom is 0.225 e. The summed E-state index contributed by atoms with van der Waals surface area (Å²) in [6, 6.07) is 11.0. The third kappa shape index (κ3) is 3.05. The molecular weight excluding hydrogens is 282 g/mol. The molecule has 0 radical (unpaired) electrons. The van der Waals surface area contributed by atoms with Crippen molar-refractivity contribution in [1.82, 2.24) is 4.98 Å². The molecule has 1 aromatic carbocycles. The van der Waals surface area contributed by atoms with Gasteiger partial charge in [0.25, 0.3) is 0 Å². The molecule has 0 bridgehead atoms. The lowest BCUT2D eigenvalue weighted by Crippen LogP contribution is -1.97. The zero-order chi connectivity index (χ0) is 12.3. The van der Waals surface area contributed by atoms with Gasteiger partial charge < -0.3 is 9.84 Å². The third-order valence-corrected chi connectivity index (χ3v) is 2.81. The molecule has 4 heteroatoms. The van der Waals surface area contributed by atoms with Crippen LogP contribution >= 0.6 is 15.9 Å². The predicted octanol–water partition coefficient (Wildman–Crippen LogP) is 3.69. The number of aliphatic hydroxyl groups is 1. The van der Waals surface area contributed by atoms with Crippen LogP contribution in [-0.4, -0.2) is 10.1 Å². The first kappa shape index (κ1) is 12.1. The van der Waals surface area contributed by atoms with Gasteiger partial charge in [-0.05, 0) is 43.3 Å². The average molecular weight is 294 g/mol. The van der Waals surface area contributed by atoms with Crippen molar-refractivity contribution in [2.24, 2.45) is 0 Å². The summed E-state index contributed by atoms with van der Waals surface area (Å²) in [6.45, 7) is 1.69. The number of pyridine rings is 1. The van der Waals surface area contributed by atoms with Gasteiger partial charge >= 0.3 is 0 Å². The number of nitrogens with zero attached hydrogens (tertiary/aromatic N) is 1. The van der Waals surface area contributed by atoms with E-state index in [-0.39, 0.29) is 0 Å². The molecule has 0 saturated heterocycles. The van der Waals surface area contributed by atoms with Crippen LogP contribution in [0, 0.1) is 0 Å². The Morgan fingerprint density at radius 1 is 1.24 bits per heavy atom. The summed E-state index contributed by atoms with van der Waals surface area (Å²) in [5.74, 6) is 1.12. The molecule has 0 aliphatic rings. The van der Waals surface area contributed by atoms with Crippen LogP contribution in [0.2, 0.25) is 0 Å². The lowest BCUT2D eigenvalue weighted by atomic mass is 10.2. The standard InChI is InChI=1S/C13H12BrNO2/c1-9(16)12-3-2-8-15-13(12)17-11-6-4-10(14)5-7-11/h2-9,16H,1H3/t9-/m1/s1. The maximum absolute atomic E-state index is 9.60. The van der Waals surface area contributed by atoms with E-state index in [4.69, 9.17) is 4.74 Å². The molecule has 17 heavy (non-hydrogen) atoms. The SMILES string of the molecule is C[C@@H](O)c1cccnc1Oc1ccc(Br)cc1. The molecular formula is C13H12BrNO2. The predicted molar refractivity (Wildman–Crippen MR) is 69.1 cm³/mol. The number of rotatable bonds is 3. The van der Waals surface area contributed by atoms with Gasteiger partial charge in [-0.1, -0.05) is 15.9 Å². The first-order valence-corrected chi connectivity index (χ1v) is 6.02. The molecule has 1 N–H and O–H groups in total. The van der Waals surface area contributed by atoms with Gasteiger partial charge in [-0.15, -0.1) is 0 Å². The van der Waals surface area contributed by atoms with Gasteiger partial charge in [0.1, 0.15) is 5.75 Å². The molecule has 0 unspecified atom stereocenters. The van der Waals surface area contributed by atoms with Gasteiger partial charge in [0.15, 0.2) is 0 Å². The van der Waals surface area contributed by atoms with Crippen molar-refractivity contribution >= 4 is 15.9 Å². The molecule has 0 amide bonds. The van der Waals surface area contributed by atoms with E-state index >= 15 is 0 Å². The quantitative estimate of drug-likeness (QED) is 0.938. The lowest BCUT2D eigenvalue weighted by molar-refractivity contribution is 0.194.